The van der Waals surface area contributed by atoms with Crippen LogP contribution in [0.15, 0.2) is 0 Å². The van der Waals surface area contributed by atoms with Gasteiger partial charge in [-0.3, -0.25) is 4.79 Å². The van der Waals surface area contributed by atoms with Crippen molar-refractivity contribution in [2.24, 2.45) is 5.41 Å². The molecule has 1 saturated carbocycles. The summed E-state index contributed by atoms with van der Waals surface area (Å²) in [5.74, 6) is -0.197. The van der Waals surface area contributed by atoms with Crippen molar-refractivity contribution in [1.82, 2.24) is 0 Å². The number of hydrogen-bond acceptors (Lipinski definition) is 3. The molecule has 0 aromatic heterocycles. The normalized spacial score (nSPS) is 43.1. The van der Waals surface area contributed by atoms with Crippen molar-refractivity contribution in [2.45, 2.75) is 84.0 Å². The number of carbonyl (C=O) groups is 1. The largest absolute Gasteiger partial charge is 0.456 e. The monoisotopic (exact) mass is 254 g/mol. The van der Waals surface area contributed by atoms with Crippen molar-refractivity contribution >= 4 is 5.97 Å². The van der Waals surface area contributed by atoms with E-state index >= 15 is 0 Å². The summed E-state index contributed by atoms with van der Waals surface area (Å²) >= 11 is 0. The molecule has 2 aliphatic rings. The molecule has 3 atom stereocenters. The number of hydrogen-bond donors (Lipinski definition) is 0. The van der Waals surface area contributed by atoms with Crippen molar-refractivity contribution in [3.63, 3.8) is 0 Å². The summed E-state index contributed by atoms with van der Waals surface area (Å²) in [7, 11) is 0. The van der Waals surface area contributed by atoms with Crippen LogP contribution in [0.2, 0.25) is 0 Å². The maximum Gasteiger partial charge on any atom is 0.303 e. The first-order valence-electron chi connectivity index (χ1n) is 7.10. The second kappa shape index (κ2) is 4.22. The Balaban J connectivity index is 2.40. The maximum absolute atomic E-state index is 11.5. The molecule has 3 nitrogen and oxygen atoms in total. The molecular weight excluding hydrogens is 228 g/mol. The van der Waals surface area contributed by atoms with E-state index in [0.29, 0.717) is 0 Å². The minimum absolute atomic E-state index is 0.0558. The van der Waals surface area contributed by atoms with Gasteiger partial charge in [0.05, 0.1) is 6.10 Å². The zero-order chi connectivity index (χ0) is 13.6. The van der Waals surface area contributed by atoms with Gasteiger partial charge in [-0.25, -0.2) is 0 Å². The van der Waals surface area contributed by atoms with Crippen LogP contribution in [0.3, 0.4) is 0 Å². The highest BCUT2D eigenvalue weighted by molar-refractivity contribution is 5.66. The first-order chi connectivity index (χ1) is 8.22. The highest BCUT2D eigenvalue weighted by Gasteiger charge is 2.64. The van der Waals surface area contributed by atoms with Gasteiger partial charge in [-0.15, -0.1) is 0 Å². The van der Waals surface area contributed by atoms with Gasteiger partial charge in [0.1, 0.15) is 11.2 Å². The Hall–Kier alpha value is -0.570. The average molecular weight is 254 g/mol. The van der Waals surface area contributed by atoms with Gasteiger partial charge < -0.3 is 9.47 Å². The van der Waals surface area contributed by atoms with Gasteiger partial charge in [-0.2, -0.15) is 0 Å². The number of esters is 1. The van der Waals surface area contributed by atoms with E-state index in [1.165, 1.54) is 6.92 Å². The molecule has 0 aromatic rings. The Bertz CT molecular complexity index is 350. The lowest BCUT2D eigenvalue weighted by Crippen LogP contribution is -2.64. The SMILES string of the molecule is CC(=O)O[C@@]1(C)CCCC(C)(C)[C@]12CC[C@@H](C)O2. The van der Waals surface area contributed by atoms with Gasteiger partial charge >= 0.3 is 5.97 Å². The fourth-order valence-electron chi connectivity index (χ4n) is 4.19. The Morgan fingerprint density at radius 3 is 2.39 bits per heavy atom. The first kappa shape index (κ1) is 13.9. The van der Waals surface area contributed by atoms with E-state index in [1.807, 2.05) is 0 Å². The van der Waals surface area contributed by atoms with Gasteiger partial charge in [-0.1, -0.05) is 13.8 Å². The molecule has 0 bridgehead atoms. The average Bonchev–Trinajstić information content (AvgIpc) is 2.59. The fraction of sp³-hybridized carbons (Fsp3) is 0.933. The van der Waals surface area contributed by atoms with Crippen molar-refractivity contribution in [3.05, 3.63) is 0 Å². The summed E-state index contributed by atoms with van der Waals surface area (Å²) in [5.41, 5.74) is -0.741. The lowest BCUT2D eigenvalue weighted by atomic mass is 9.57. The molecule has 1 heterocycles. The van der Waals surface area contributed by atoms with Crippen LogP contribution in [-0.2, 0) is 14.3 Å². The standard InChI is InChI=1S/C15H26O3/c1-11-7-10-15(17-11)13(3,4)8-6-9-14(15,5)18-12(2)16/h11H,6-10H2,1-5H3/t11-,14+,15-/m1/s1. The molecule has 0 radical (unpaired) electrons. The van der Waals surface area contributed by atoms with Gasteiger partial charge in [0.2, 0.25) is 0 Å². The quantitative estimate of drug-likeness (QED) is 0.672. The molecule has 1 saturated heterocycles. The fourth-order valence-corrected chi connectivity index (χ4v) is 4.19. The second-order valence-corrected chi connectivity index (χ2v) is 6.86. The molecule has 3 heteroatoms. The Kier molecular flexibility index (Phi) is 3.25. The molecule has 0 aromatic carbocycles. The van der Waals surface area contributed by atoms with Gasteiger partial charge in [0, 0.05) is 6.92 Å². The molecule has 2 fully saturated rings. The van der Waals surface area contributed by atoms with Crippen LogP contribution in [0.4, 0.5) is 0 Å². The predicted molar refractivity (Wildman–Crippen MR) is 70.3 cm³/mol. The highest BCUT2D eigenvalue weighted by atomic mass is 16.6. The maximum atomic E-state index is 11.5. The highest BCUT2D eigenvalue weighted by Crippen LogP contribution is 2.58. The lowest BCUT2D eigenvalue weighted by molar-refractivity contribution is -0.251. The topological polar surface area (TPSA) is 35.5 Å². The van der Waals surface area contributed by atoms with E-state index in [0.717, 1.165) is 32.1 Å². The van der Waals surface area contributed by atoms with E-state index in [1.54, 1.807) is 0 Å². The van der Waals surface area contributed by atoms with E-state index in [-0.39, 0.29) is 23.1 Å². The molecule has 1 spiro atoms. The second-order valence-electron chi connectivity index (χ2n) is 6.86. The summed E-state index contributed by atoms with van der Waals surface area (Å²) in [6, 6.07) is 0. The van der Waals surface area contributed by atoms with Crippen molar-refractivity contribution in [2.75, 3.05) is 0 Å². The predicted octanol–water partition coefficient (Wildman–Crippen LogP) is 3.46. The molecular formula is C15H26O3. The van der Waals surface area contributed by atoms with Crippen LogP contribution >= 0.6 is 0 Å². The van der Waals surface area contributed by atoms with Crippen LogP contribution in [0.1, 0.15) is 66.7 Å². The van der Waals surface area contributed by atoms with E-state index < -0.39 is 5.60 Å². The van der Waals surface area contributed by atoms with E-state index in [9.17, 15) is 4.79 Å². The molecule has 18 heavy (non-hydrogen) atoms. The third-order valence-electron chi connectivity index (χ3n) is 5.08. The van der Waals surface area contributed by atoms with E-state index in [2.05, 4.69) is 27.7 Å². The van der Waals surface area contributed by atoms with Crippen molar-refractivity contribution < 1.29 is 14.3 Å². The molecule has 1 aliphatic heterocycles. The summed E-state index contributed by atoms with van der Waals surface area (Å²) in [5, 5.41) is 0. The summed E-state index contributed by atoms with van der Waals surface area (Å²) in [6.07, 6.45) is 5.44. The minimum Gasteiger partial charge on any atom is -0.456 e. The molecule has 2 rings (SSSR count). The van der Waals surface area contributed by atoms with Crippen LogP contribution in [0.5, 0.6) is 0 Å². The van der Waals surface area contributed by atoms with Crippen molar-refractivity contribution in [3.8, 4) is 0 Å². The molecule has 0 amide bonds. The number of ether oxygens (including phenoxy) is 2. The molecule has 0 unspecified atom stereocenters. The summed E-state index contributed by atoms with van der Waals surface area (Å²) in [6.45, 7) is 10.2. The third-order valence-corrected chi connectivity index (χ3v) is 5.08. The zero-order valence-electron chi connectivity index (χ0n) is 12.3. The van der Waals surface area contributed by atoms with Gasteiger partial charge in [0.25, 0.3) is 0 Å². The first-order valence-corrected chi connectivity index (χ1v) is 7.10. The number of carbonyl (C=O) groups excluding carboxylic acids is 1. The summed E-state index contributed by atoms with van der Waals surface area (Å²) in [4.78, 5) is 11.5. The van der Waals surface area contributed by atoms with Gasteiger partial charge in [0.15, 0.2) is 0 Å². The van der Waals surface area contributed by atoms with Crippen LogP contribution < -0.4 is 0 Å². The minimum atomic E-state index is -0.481. The van der Waals surface area contributed by atoms with Crippen LogP contribution in [0.25, 0.3) is 0 Å². The Labute approximate surface area is 110 Å². The summed E-state index contributed by atoms with van der Waals surface area (Å²) < 4.78 is 12.1. The molecule has 0 N–H and O–H groups in total. The zero-order valence-corrected chi connectivity index (χ0v) is 12.3. The Morgan fingerprint density at radius 2 is 1.89 bits per heavy atom. The lowest BCUT2D eigenvalue weighted by Gasteiger charge is -2.57. The Morgan fingerprint density at radius 1 is 1.22 bits per heavy atom. The van der Waals surface area contributed by atoms with E-state index in [4.69, 9.17) is 9.47 Å². The molecule has 1 aliphatic carbocycles. The third kappa shape index (κ3) is 1.87. The van der Waals surface area contributed by atoms with Crippen molar-refractivity contribution in [1.29, 1.82) is 0 Å². The van der Waals surface area contributed by atoms with Gasteiger partial charge in [-0.05, 0) is 51.4 Å². The number of rotatable bonds is 1. The van der Waals surface area contributed by atoms with Crippen LogP contribution in [0, 0.1) is 5.41 Å². The smallest absolute Gasteiger partial charge is 0.303 e. The van der Waals surface area contributed by atoms with Crippen LogP contribution in [-0.4, -0.2) is 23.3 Å². The molecule has 104 valence electrons.